The van der Waals surface area contributed by atoms with Crippen molar-refractivity contribution in [3.05, 3.63) is 66.2 Å². The summed E-state index contributed by atoms with van der Waals surface area (Å²) in [6.45, 7) is 5.29. The largest absolute Gasteiger partial charge is 0.508 e. The van der Waals surface area contributed by atoms with Gasteiger partial charge < -0.3 is 9.84 Å². The van der Waals surface area contributed by atoms with Crippen molar-refractivity contribution < 1.29 is 9.84 Å². The maximum absolute atomic E-state index is 9.59. The van der Waals surface area contributed by atoms with E-state index < -0.39 is 0 Å². The summed E-state index contributed by atoms with van der Waals surface area (Å²) in [5, 5.41) is 10.5. The van der Waals surface area contributed by atoms with E-state index in [1.54, 1.807) is 12.1 Å². The number of benzene rings is 2. The van der Waals surface area contributed by atoms with Gasteiger partial charge in [0.25, 0.3) is 0 Å². The third-order valence-electron chi connectivity index (χ3n) is 5.32. The Labute approximate surface area is 180 Å². The molecule has 1 heterocycles. The molecular weight excluding hydrogens is 370 g/mol. The van der Waals surface area contributed by atoms with Crippen LogP contribution in [0.5, 0.6) is 5.75 Å². The van der Waals surface area contributed by atoms with Gasteiger partial charge in [-0.3, -0.25) is 0 Å². The molecular formula is C27H33NO2. The maximum Gasteiger partial charge on any atom is 0.116 e. The zero-order valence-corrected chi connectivity index (χ0v) is 18.2. The minimum absolute atomic E-state index is 0.266. The third-order valence-corrected chi connectivity index (χ3v) is 5.32. The highest BCUT2D eigenvalue weighted by atomic mass is 16.5. The summed E-state index contributed by atoms with van der Waals surface area (Å²) in [7, 11) is 0. The molecule has 1 atom stereocenters. The molecule has 3 aromatic rings. The number of phenolic OH excluding ortho intramolecular Hbond substituents is 1. The number of nitrogens with zero attached hydrogens (tertiary/aromatic N) is 1. The Bertz CT molecular complexity index is 947. The summed E-state index contributed by atoms with van der Waals surface area (Å²) in [5.41, 5.74) is 4.12. The second kappa shape index (κ2) is 11.5. The van der Waals surface area contributed by atoms with Crippen molar-refractivity contribution >= 4 is 17.0 Å². The minimum Gasteiger partial charge on any atom is -0.508 e. The molecule has 0 aliphatic carbocycles. The fourth-order valence-electron chi connectivity index (χ4n) is 3.50. The van der Waals surface area contributed by atoms with Crippen LogP contribution in [0.25, 0.3) is 28.2 Å². The van der Waals surface area contributed by atoms with E-state index in [-0.39, 0.29) is 5.75 Å². The number of phenols is 1. The van der Waals surface area contributed by atoms with Crippen LogP contribution in [0.4, 0.5) is 0 Å². The predicted molar refractivity (Wildman–Crippen MR) is 127 cm³/mol. The number of unbranched alkanes of at least 4 members (excludes halogenated alkanes) is 3. The Morgan fingerprint density at radius 2 is 1.83 bits per heavy atom. The number of ether oxygens (including phenoxy) is 1. The molecule has 1 aromatic heterocycles. The lowest BCUT2D eigenvalue weighted by atomic mass is 10.1. The number of hydrogen-bond donors (Lipinski definition) is 1. The lowest BCUT2D eigenvalue weighted by Crippen LogP contribution is -2.08. The van der Waals surface area contributed by atoms with Crippen LogP contribution in [0.3, 0.4) is 0 Å². The Balaban J connectivity index is 1.47. The van der Waals surface area contributed by atoms with Gasteiger partial charge in [0, 0.05) is 17.6 Å². The molecule has 0 radical (unpaired) electrons. The third kappa shape index (κ3) is 6.70. The van der Waals surface area contributed by atoms with Gasteiger partial charge in [-0.15, -0.1) is 0 Å². The van der Waals surface area contributed by atoms with Gasteiger partial charge >= 0.3 is 0 Å². The molecule has 0 amide bonds. The highest BCUT2D eigenvalue weighted by Gasteiger charge is 2.03. The molecule has 1 N–H and O–H groups in total. The highest BCUT2D eigenvalue weighted by molar-refractivity contribution is 5.82. The van der Waals surface area contributed by atoms with E-state index in [0.717, 1.165) is 48.0 Å². The van der Waals surface area contributed by atoms with Gasteiger partial charge in [0.1, 0.15) is 5.75 Å². The number of aromatic hydroxyl groups is 1. The fourth-order valence-corrected chi connectivity index (χ4v) is 3.50. The van der Waals surface area contributed by atoms with Crippen LogP contribution < -0.4 is 0 Å². The van der Waals surface area contributed by atoms with Crippen molar-refractivity contribution in [2.45, 2.75) is 58.5 Å². The van der Waals surface area contributed by atoms with Crippen LogP contribution in [0.15, 0.2) is 60.7 Å². The van der Waals surface area contributed by atoms with Crippen molar-refractivity contribution in [1.29, 1.82) is 0 Å². The zero-order chi connectivity index (χ0) is 21.2. The standard InChI is InChI=1S/C27H33NO2/c1-3-4-8-19-30-21(2)9-6-5-7-10-22-11-13-23(14-12-22)26-17-15-24-20-25(29)16-18-27(24)28-26/h7,10-18,20-21,29H,3-6,8-9,19H2,1-2H3. The Morgan fingerprint density at radius 1 is 1.00 bits per heavy atom. The maximum atomic E-state index is 9.59. The van der Waals surface area contributed by atoms with E-state index in [2.05, 4.69) is 50.3 Å². The molecule has 3 heteroatoms. The number of allylic oxidation sites excluding steroid dienone is 1. The Hall–Kier alpha value is -2.65. The SMILES string of the molecule is CCCCCOC(C)CCCC=Cc1ccc(-c2ccc3cc(O)ccc3n2)cc1. The number of fused-ring (bicyclic) bond motifs is 1. The molecule has 0 aliphatic rings. The average molecular weight is 404 g/mol. The van der Waals surface area contributed by atoms with E-state index in [0.29, 0.717) is 6.10 Å². The van der Waals surface area contributed by atoms with E-state index in [1.165, 1.54) is 24.8 Å². The summed E-state index contributed by atoms with van der Waals surface area (Å²) in [6.07, 6.45) is 11.8. The molecule has 3 rings (SSSR count). The highest BCUT2D eigenvalue weighted by Crippen LogP contribution is 2.24. The lowest BCUT2D eigenvalue weighted by molar-refractivity contribution is 0.0566. The van der Waals surface area contributed by atoms with E-state index in [1.807, 2.05) is 18.2 Å². The second-order valence-electron chi connectivity index (χ2n) is 7.92. The van der Waals surface area contributed by atoms with E-state index >= 15 is 0 Å². The zero-order valence-electron chi connectivity index (χ0n) is 18.2. The van der Waals surface area contributed by atoms with Crippen LogP contribution in [0, 0.1) is 0 Å². The van der Waals surface area contributed by atoms with Crippen molar-refractivity contribution in [3.8, 4) is 17.0 Å². The van der Waals surface area contributed by atoms with Crippen LogP contribution in [0.2, 0.25) is 0 Å². The molecule has 3 nitrogen and oxygen atoms in total. The van der Waals surface area contributed by atoms with Crippen molar-refractivity contribution in [2.75, 3.05) is 6.61 Å². The molecule has 158 valence electrons. The first kappa shape index (κ1) is 22.0. The summed E-state index contributed by atoms with van der Waals surface area (Å²) in [4.78, 5) is 4.71. The summed E-state index contributed by atoms with van der Waals surface area (Å²) in [5.74, 6) is 0.266. The van der Waals surface area contributed by atoms with E-state index in [4.69, 9.17) is 9.72 Å². The van der Waals surface area contributed by atoms with Gasteiger partial charge in [-0.25, -0.2) is 4.98 Å². The lowest BCUT2D eigenvalue weighted by Gasteiger charge is -2.12. The number of aromatic nitrogens is 1. The molecule has 0 saturated carbocycles. The fraction of sp³-hybridized carbons (Fsp3) is 0.370. The van der Waals surface area contributed by atoms with Crippen molar-refractivity contribution in [1.82, 2.24) is 4.98 Å². The average Bonchev–Trinajstić information content (AvgIpc) is 2.76. The normalized spacial score (nSPS) is 12.6. The van der Waals surface area contributed by atoms with Crippen LogP contribution >= 0.6 is 0 Å². The summed E-state index contributed by atoms with van der Waals surface area (Å²) < 4.78 is 5.85. The van der Waals surface area contributed by atoms with Gasteiger partial charge in [0.2, 0.25) is 0 Å². The number of hydrogen-bond acceptors (Lipinski definition) is 3. The van der Waals surface area contributed by atoms with Gasteiger partial charge in [-0.1, -0.05) is 62.2 Å². The smallest absolute Gasteiger partial charge is 0.116 e. The predicted octanol–water partition coefficient (Wildman–Crippen LogP) is 7.39. The number of pyridine rings is 1. The van der Waals surface area contributed by atoms with Gasteiger partial charge in [0.15, 0.2) is 0 Å². The van der Waals surface area contributed by atoms with Gasteiger partial charge in [-0.2, -0.15) is 0 Å². The molecule has 2 aromatic carbocycles. The Morgan fingerprint density at radius 3 is 2.63 bits per heavy atom. The molecule has 0 saturated heterocycles. The summed E-state index contributed by atoms with van der Waals surface area (Å²) >= 11 is 0. The molecule has 30 heavy (non-hydrogen) atoms. The first-order chi connectivity index (χ1) is 14.7. The van der Waals surface area contributed by atoms with Gasteiger partial charge in [-0.05, 0) is 62.4 Å². The topological polar surface area (TPSA) is 42.4 Å². The van der Waals surface area contributed by atoms with Gasteiger partial charge in [0.05, 0.1) is 17.3 Å². The van der Waals surface area contributed by atoms with Crippen LogP contribution in [-0.4, -0.2) is 22.8 Å². The van der Waals surface area contributed by atoms with Crippen molar-refractivity contribution in [3.63, 3.8) is 0 Å². The monoisotopic (exact) mass is 403 g/mol. The molecule has 0 spiro atoms. The molecule has 0 fully saturated rings. The van der Waals surface area contributed by atoms with E-state index in [9.17, 15) is 5.11 Å². The quantitative estimate of drug-likeness (QED) is 0.339. The Kier molecular flexibility index (Phi) is 8.46. The van der Waals surface area contributed by atoms with Crippen molar-refractivity contribution in [2.24, 2.45) is 0 Å². The molecule has 0 aliphatic heterocycles. The van der Waals surface area contributed by atoms with Crippen LogP contribution in [0.1, 0.15) is 57.9 Å². The number of rotatable bonds is 11. The molecule has 0 bridgehead atoms. The molecule has 1 unspecified atom stereocenters. The van der Waals surface area contributed by atoms with Crippen LogP contribution in [-0.2, 0) is 4.74 Å². The summed E-state index contributed by atoms with van der Waals surface area (Å²) in [6, 6.07) is 17.7. The first-order valence-electron chi connectivity index (χ1n) is 11.1. The second-order valence-corrected chi connectivity index (χ2v) is 7.92. The first-order valence-corrected chi connectivity index (χ1v) is 11.1. The minimum atomic E-state index is 0.266.